The van der Waals surface area contributed by atoms with Crippen LogP contribution in [0, 0.1) is 12.8 Å². The van der Waals surface area contributed by atoms with E-state index in [1.807, 2.05) is 30.0 Å². The van der Waals surface area contributed by atoms with E-state index >= 15 is 0 Å². The molecule has 3 nitrogen and oxygen atoms in total. The van der Waals surface area contributed by atoms with Crippen LogP contribution in [-0.2, 0) is 0 Å². The number of hydrogen-bond donors (Lipinski definition) is 1. The van der Waals surface area contributed by atoms with Gasteiger partial charge in [0.2, 0.25) is 0 Å². The molecule has 0 atom stereocenters. The average Bonchev–Trinajstić information content (AvgIpc) is 2.42. The number of halogens is 1. The minimum atomic E-state index is 0.157. The van der Waals surface area contributed by atoms with E-state index in [1.54, 1.807) is 0 Å². The third-order valence-electron chi connectivity index (χ3n) is 3.97. The molecule has 19 heavy (non-hydrogen) atoms. The molecule has 0 unspecified atom stereocenters. The van der Waals surface area contributed by atoms with Crippen molar-refractivity contribution in [1.29, 1.82) is 0 Å². The van der Waals surface area contributed by atoms with Crippen molar-refractivity contribution in [2.24, 2.45) is 11.7 Å². The van der Waals surface area contributed by atoms with Crippen molar-refractivity contribution in [1.82, 2.24) is 4.90 Å². The highest BCUT2D eigenvalue weighted by atomic mass is 79.9. The Kier molecular flexibility index (Phi) is 4.99. The van der Waals surface area contributed by atoms with E-state index in [2.05, 4.69) is 15.9 Å². The number of carbonyl (C=O) groups is 1. The van der Waals surface area contributed by atoms with Crippen molar-refractivity contribution in [3.63, 3.8) is 0 Å². The summed E-state index contributed by atoms with van der Waals surface area (Å²) in [6, 6.07) is 5.81. The Labute approximate surface area is 123 Å². The monoisotopic (exact) mass is 324 g/mol. The molecular weight excluding hydrogens is 304 g/mol. The molecule has 1 aliphatic heterocycles. The summed E-state index contributed by atoms with van der Waals surface area (Å²) in [5.74, 6) is 0.850. The number of carbonyl (C=O) groups excluding carboxylic acids is 1. The minimum Gasteiger partial charge on any atom is -0.339 e. The van der Waals surface area contributed by atoms with Crippen LogP contribution in [0.3, 0.4) is 0 Å². The summed E-state index contributed by atoms with van der Waals surface area (Å²) in [7, 11) is 0. The molecule has 2 rings (SSSR count). The van der Waals surface area contributed by atoms with Crippen molar-refractivity contribution in [3.8, 4) is 0 Å². The van der Waals surface area contributed by atoms with Gasteiger partial charge in [-0.05, 0) is 56.3 Å². The van der Waals surface area contributed by atoms with Gasteiger partial charge in [-0.25, -0.2) is 0 Å². The third kappa shape index (κ3) is 3.37. The molecule has 1 aromatic rings. The zero-order valence-electron chi connectivity index (χ0n) is 11.4. The minimum absolute atomic E-state index is 0.157. The van der Waals surface area contributed by atoms with E-state index in [4.69, 9.17) is 5.73 Å². The van der Waals surface area contributed by atoms with E-state index in [0.717, 1.165) is 54.5 Å². The van der Waals surface area contributed by atoms with Gasteiger partial charge in [0.15, 0.2) is 0 Å². The highest BCUT2D eigenvalue weighted by Crippen LogP contribution is 2.24. The second-order valence-electron chi connectivity index (χ2n) is 5.23. The Balaban J connectivity index is 2.03. The summed E-state index contributed by atoms with van der Waals surface area (Å²) < 4.78 is 0.997. The maximum absolute atomic E-state index is 12.5. The topological polar surface area (TPSA) is 46.3 Å². The van der Waals surface area contributed by atoms with Gasteiger partial charge in [-0.1, -0.05) is 22.0 Å². The molecule has 4 heteroatoms. The molecule has 1 heterocycles. The Morgan fingerprint density at radius 3 is 2.74 bits per heavy atom. The molecular formula is C15H21BrN2O. The lowest BCUT2D eigenvalue weighted by Crippen LogP contribution is -2.39. The summed E-state index contributed by atoms with van der Waals surface area (Å²) in [4.78, 5) is 14.5. The first-order valence-corrected chi connectivity index (χ1v) is 7.67. The Hall–Kier alpha value is -0.870. The lowest BCUT2D eigenvalue weighted by atomic mass is 9.93. The van der Waals surface area contributed by atoms with Gasteiger partial charge in [0.05, 0.1) is 0 Å². The normalized spacial score (nSPS) is 16.7. The summed E-state index contributed by atoms with van der Waals surface area (Å²) in [5.41, 5.74) is 7.43. The molecule has 0 radical (unpaired) electrons. The summed E-state index contributed by atoms with van der Waals surface area (Å²) in [5, 5.41) is 0. The smallest absolute Gasteiger partial charge is 0.254 e. The summed E-state index contributed by atoms with van der Waals surface area (Å²) in [6.45, 7) is 4.45. The van der Waals surface area contributed by atoms with Crippen molar-refractivity contribution < 1.29 is 4.79 Å². The van der Waals surface area contributed by atoms with Gasteiger partial charge in [0.25, 0.3) is 5.91 Å². The first kappa shape index (κ1) is 14.5. The van der Waals surface area contributed by atoms with Crippen LogP contribution < -0.4 is 5.73 Å². The number of hydrogen-bond acceptors (Lipinski definition) is 2. The standard InChI is InChI=1S/C15H21BrN2O/c1-11-13(3-2-4-14(11)16)15(19)18-9-6-12(5-8-17)7-10-18/h2-4,12H,5-10,17H2,1H3. The summed E-state index contributed by atoms with van der Waals surface area (Å²) in [6.07, 6.45) is 3.24. The molecule has 1 aliphatic rings. The van der Waals surface area contributed by atoms with Gasteiger partial charge in [-0.15, -0.1) is 0 Å². The fraction of sp³-hybridized carbons (Fsp3) is 0.533. The van der Waals surface area contributed by atoms with Gasteiger partial charge in [-0.3, -0.25) is 4.79 Å². The van der Waals surface area contributed by atoms with Crippen molar-refractivity contribution in [2.75, 3.05) is 19.6 Å². The molecule has 1 amide bonds. The van der Waals surface area contributed by atoms with Gasteiger partial charge < -0.3 is 10.6 Å². The van der Waals surface area contributed by atoms with Crippen LogP contribution in [0.1, 0.15) is 35.2 Å². The Morgan fingerprint density at radius 2 is 2.11 bits per heavy atom. The average molecular weight is 325 g/mol. The zero-order chi connectivity index (χ0) is 13.8. The molecule has 2 N–H and O–H groups in total. The number of amides is 1. The SMILES string of the molecule is Cc1c(Br)cccc1C(=O)N1CCC(CCN)CC1. The largest absolute Gasteiger partial charge is 0.339 e. The second kappa shape index (κ2) is 6.53. The van der Waals surface area contributed by atoms with Crippen LogP contribution in [0.5, 0.6) is 0 Å². The Bertz CT molecular complexity index is 453. The Morgan fingerprint density at radius 1 is 1.42 bits per heavy atom. The van der Waals surface area contributed by atoms with E-state index < -0.39 is 0 Å². The van der Waals surface area contributed by atoms with Crippen molar-refractivity contribution >= 4 is 21.8 Å². The molecule has 1 aromatic carbocycles. The van der Waals surface area contributed by atoms with Gasteiger partial charge >= 0.3 is 0 Å². The van der Waals surface area contributed by atoms with E-state index in [9.17, 15) is 4.79 Å². The molecule has 104 valence electrons. The summed E-state index contributed by atoms with van der Waals surface area (Å²) >= 11 is 3.48. The predicted molar refractivity (Wildman–Crippen MR) is 81.2 cm³/mol. The number of benzene rings is 1. The van der Waals surface area contributed by atoms with E-state index in [0.29, 0.717) is 5.92 Å². The number of nitrogens with zero attached hydrogens (tertiary/aromatic N) is 1. The number of rotatable bonds is 3. The van der Waals surface area contributed by atoms with Crippen LogP contribution in [0.4, 0.5) is 0 Å². The van der Waals surface area contributed by atoms with Crippen LogP contribution >= 0.6 is 15.9 Å². The molecule has 0 spiro atoms. The van der Waals surface area contributed by atoms with Crippen LogP contribution in [-0.4, -0.2) is 30.4 Å². The van der Waals surface area contributed by atoms with Crippen LogP contribution in [0.15, 0.2) is 22.7 Å². The number of likely N-dealkylation sites (tertiary alicyclic amines) is 1. The maximum atomic E-state index is 12.5. The highest BCUT2D eigenvalue weighted by molar-refractivity contribution is 9.10. The first-order chi connectivity index (χ1) is 9.13. The van der Waals surface area contributed by atoms with Crippen LogP contribution in [0.25, 0.3) is 0 Å². The zero-order valence-corrected chi connectivity index (χ0v) is 12.9. The molecule has 0 bridgehead atoms. The molecule has 1 saturated heterocycles. The van der Waals surface area contributed by atoms with E-state index in [-0.39, 0.29) is 5.91 Å². The van der Waals surface area contributed by atoms with Gasteiger partial charge in [0, 0.05) is 23.1 Å². The highest BCUT2D eigenvalue weighted by Gasteiger charge is 2.24. The molecule has 0 saturated carbocycles. The third-order valence-corrected chi connectivity index (χ3v) is 4.83. The van der Waals surface area contributed by atoms with Gasteiger partial charge in [0.1, 0.15) is 0 Å². The fourth-order valence-electron chi connectivity index (χ4n) is 2.67. The molecule has 1 fully saturated rings. The van der Waals surface area contributed by atoms with Crippen molar-refractivity contribution in [2.45, 2.75) is 26.2 Å². The van der Waals surface area contributed by atoms with E-state index in [1.165, 1.54) is 0 Å². The maximum Gasteiger partial charge on any atom is 0.254 e. The fourth-order valence-corrected chi connectivity index (χ4v) is 3.04. The van der Waals surface area contributed by atoms with Crippen LogP contribution in [0.2, 0.25) is 0 Å². The second-order valence-corrected chi connectivity index (χ2v) is 6.08. The quantitative estimate of drug-likeness (QED) is 0.929. The lowest BCUT2D eigenvalue weighted by Gasteiger charge is -2.32. The first-order valence-electron chi connectivity index (χ1n) is 6.88. The van der Waals surface area contributed by atoms with Gasteiger partial charge in [-0.2, -0.15) is 0 Å². The molecule has 0 aliphatic carbocycles. The molecule has 0 aromatic heterocycles. The lowest BCUT2D eigenvalue weighted by molar-refractivity contribution is 0.0687. The number of piperidine rings is 1. The van der Waals surface area contributed by atoms with Crippen molar-refractivity contribution in [3.05, 3.63) is 33.8 Å². The predicted octanol–water partition coefficient (Wildman–Crippen LogP) is 2.96. The number of nitrogens with two attached hydrogens (primary N) is 1.